The van der Waals surface area contributed by atoms with Gasteiger partial charge < -0.3 is 15.0 Å². The van der Waals surface area contributed by atoms with E-state index in [-0.39, 0.29) is 6.04 Å². The predicted molar refractivity (Wildman–Crippen MR) is 72.0 cm³/mol. The van der Waals surface area contributed by atoms with Gasteiger partial charge in [-0.1, -0.05) is 35.0 Å². The minimum absolute atomic E-state index is 0.299. The van der Waals surface area contributed by atoms with Crippen molar-refractivity contribution in [3.8, 4) is 0 Å². The zero-order valence-electron chi connectivity index (χ0n) is 10.7. The quantitative estimate of drug-likeness (QED) is 0.880. The average molecular weight is 282 g/mol. The molecule has 1 unspecified atom stereocenters. The van der Waals surface area contributed by atoms with Crippen LogP contribution >= 0.6 is 11.6 Å². The second-order valence-electron chi connectivity index (χ2n) is 4.20. The minimum Gasteiger partial charge on any atom is -0.385 e. The van der Waals surface area contributed by atoms with E-state index in [2.05, 4.69) is 10.1 Å². The van der Waals surface area contributed by atoms with Gasteiger partial charge in [0.25, 0.3) is 0 Å². The van der Waals surface area contributed by atoms with Gasteiger partial charge in [0.1, 0.15) is 0 Å². The van der Waals surface area contributed by atoms with Gasteiger partial charge in [-0.25, -0.2) is 0 Å². The van der Waals surface area contributed by atoms with Gasteiger partial charge in [0.15, 0.2) is 5.82 Å². The molecule has 6 heteroatoms. The first-order valence-electron chi connectivity index (χ1n) is 6.01. The van der Waals surface area contributed by atoms with Crippen molar-refractivity contribution >= 4 is 11.6 Å². The lowest BCUT2D eigenvalue weighted by Crippen LogP contribution is -2.13. The Morgan fingerprint density at radius 2 is 2.21 bits per heavy atom. The minimum atomic E-state index is -0.299. The molecule has 102 valence electrons. The zero-order valence-corrected chi connectivity index (χ0v) is 11.4. The number of hydrogen-bond acceptors (Lipinski definition) is 5. The summed E-state index contributed by atoms with van der Waals surface area (Å²) in [5.74, 6) is 1.01. The molecule has 0 fully saturated rings. The highest BCUT2D eigenvalue weighted by Gasteiger charge is 2.15. The third kappa shape index (κ3) is 3.76. The Labute approximate surface area is 116 Å². The predicted octanol–water partition coefficient (Wildman–Crippen LogP) is 2.35. The van der Waals surface area contributed by atoms with Gasteiger partial charge in [-0.3, -0.25) is 0 Å². The van der Waals surface area contributed by atoms with E-state index in [1.165, 1.54) is 0 Å². The van der Waals surface area contributed by atoms with Crippen LogP contribution in [-0.4, -0.2) is 23.9 Å². The number of halogens is 1. The van der Waals surface area contributed by atoms with Crippen molar-refractivity contribution in [2.24, 2.45) is 5.73 Å². The van der Waals surface area contributed by atoms with E-state index in [9.17, 15) is 0 Å². The highest BCUT2D eigenvalue weighted by atomic mass is 35.5. The summed E-state index contributed by atoms with van der Waals surface area (Å²) in [4.78, 5) is 4.28. The maximum absolute atomic E-state index is 6.08. The standard InChI is InChI=1S/C13H16ClN3O2/c1-18-7-6-11(15)13-16-12(17-19-13)8-9-4-2-3-5-10(9)14/h2-5,11H,6-8,15H2,1H3. The smallest absolute Gasteiger partial charge is 0.243 e. The SMILES string of the molecule is COCCC(N)c1nc(Cc2ccccc2Cl)no1. The topological polar surface area (TPSA) is 74.2 Å². The Hall–Kier alpha value is -1.43. The van der Waals surface area contributed by atoms with Gasteiger partial charge in [0, 0.05) is 25.2 Å². The van der Waals surface area contributed by atoms with Gasteiger partial charge in [-0.05, 0) is 18.1 Å². The van der Waals surface area contributed by atoms with E-state index >= 15 is 0 Å². The molecule has 1 aromatic heterocycles. The molecular weight excluding hydrogens is 266 g/mol. The van der Waals surface area contributed by atoms with Crippen LogP contribution in [0.25, 0.3) is 0 Å². The van der Waals surface area contributed by atoms with Crippen molar-refractivity contribution in [2.45, 2.75) is 18.9 Å². The summed E-state index contributed by atoms with van der Waals surface area (Å²) in [6.07, 6.45) is 1.17. The van der Waals surface area contributed by atoms with E-state index in [0.717, 1.165) is 5.56 Å². The van der Waals surface area contributed by atoms with E-state index < -0.39 is 0 Å². The Kier molecular flexibility index (Phi) is 4.90. The lowest BCUT2D eigenvalue weighted by molar-refractivity contribution is 0.182. The summed E-state index contributed by atoms with van der Waals surface area (Å²) >= 11 is 6.08. The summed E-state index contributed by atoms with van der Waals surface area (Å²) in [6.45, 7) is 0.559. The monoisotopic (exact) mass is 281 g/mol. The van der Waals surface area contributed by atoms with Crippen molar-refractivity contribution in [2.75, 3.05) is 13.7 Å². The van der Waals surface area contributed by atoms with Gasteiger partial charge in [-0.2, -0.15) is 4.98 Å². The molecule has 1 heterocycles. The van der Waals surface area contributed by atoms with Crippen LogP contribution in [0.1, 0.15) is 29.7 Å². The molecule has 2 aromatic rings. The molecule has 0 saturated heterocycles. The van der Waals surface area contributed by atoms with Crippen LogP contribution < -0.4 is 5.73 Å². The molecule has 0 saturated carbocycles. The second kappa shape index (κ2) is 6.65. The fourth-order valence-corrected chi connectivity index (χ4v) is 1.87. The van der Waals surface area contributed by atoms with Gasteiger partial charge in [0.05, 0.1) is 6.04 Å². The number of benzene rings is 1. The van der Waals surface area contributed by atoms with Crippen molar-refractivity contribution < 1.29 is 9.26 Å². The molecule has 5 nitrogen and oxygen atoms in total. The molecule has 2 rings (SSSR count). The zero-order chi connectivity index (χ0) is 13.7. The summed E-state index contributed by atoms with van der Waals surface area (Å²) in [7, 11) is 1.63. The fraction of sp³-hybridized carbons (Fsp3) is 0.385. The molecule has 0 aliphatic heterocycles. The molecule has 0 amide bonds. The second-order valence-corrected chi connectivity index (χ2v) is 4.61. The summed E-state index contributed by atoms with van der Waals surface area (Å²) in [5.41, 5.74) is 6.88. The molecule has 2 N–H and O–H groups in total. The molecule has 19 heavy (non-hydrogen) atoms. The highest BCUT2D eigenvalue weighted by Crippen LogP contribution is 2.19. The summed E-state index contributed by atoms with van der Waals surface area (Å²) in [6, 6.07) is 7.28. The maximum Gasteiger partial charge on any atom is 0.243 e. The van der Waals surface area contributed by atoms with E-state index in [4.69, 9.17) is 26.6 Å². The molecule has 0 bridgehead atoms. The number of hydrogen-bond donors (Lipinski definition) is 1. The number of nitrogens with zero attached hydrogens (tertiary/aromatic N) is 2. The van der Waals surface area contributed by atoms with Crippen LogP contribution in [0.4, 0.5) is 0 Å². The van der Waals surface area contributed by atoms with Crippen LogP contribution in [0.5, 0.6) is 0 Å². The summed E-state index contributed by atoms with van der Waals surface area (Å²) in [5, 5.41) is 4.61. The molecule has 1 atom stereocenters. The number of methoxy groups -OCH3 is 1. The van der Waals surface area contributed by atoms with E-state index in [1.54, 1.807) is 7.11 Å². The molecule has 0 aliphatic carbocycles. The van der Waals surface area contributed by atoms with Crippen molar-refractivity contribution in [3.63, 3.8) is 0 Å². The van der Waals surface area contributed by atoms with Crippen molar-refractivity contribution in [1.29, 1.82) is 0 Å². The van der Waals surface area contributed by atoms with Gasteiger partial charge in [-0.15, -0.1) is 0 Å². The molecule has 0 radical (unpaired) electrons. The van der Waals surface area contributed by atoms with E-state index in [0.29, 0.717) is 36.2 Å². The Morgan fingerprint density at radius 3 is 2.95 bits per heavy atom. The number of ether oxygens (including phenoxy) is 1. The molecular formula is C13H16ClN3O2. The lowest BCUT2D eigenvalue weighted by atomic mass is 10.1. The Balaban J connectivity index is 2.03. The number of rotatable bonds is 6. The largest absolute Gasteiger partial charge is 0.385 e. The average Bonchev–Trinajstić information content (AvgIpc) is 2.87. The van der Waals surface area contributed by atoms with Crippen LogP contribution in [0.15, 0.2) is 28.8 Å². The van der Waals surface area contributed by atoms with Crippen LogP contribution in [0, 0.1) is 0 Å². The third-order valence-electron chi connectivity index (χ3n) is 2.74. The van der Waals surface area contributed by atoms with Gasteiger partial charge >= 0.3 is 0 Å². The highest BCUT2D eigenvalue weighted by molar-refractivity contribution is 6.31. The Morgan fingerprint density at radius 1 is 1.42 bits per heavy atom. The fourth-order valence-electron chi connectivity index (χ4n) is 1.67. The normalized spacial score (nSPS) is 12.6. The molecule has 0 aliphatic rings. The maximum atomic E-state index is 6.08. The first-order chi connectivity index (χ1) is 9.20. The first-order valence-corrected chi connectivity index (χ1v) is 6.39. The number of aromatic nitrogens is 2. The van der Waals surface area contributed by atoms with E-state index in [1.807, 2.05) is 24.3 Å². The number of nitrogens with two attached hydrogens (primary N) is 1. The Bertz CT molecular complexity index is 530. The summed E-state index contributed by atoms with van der Waals surface area (Å²) < 4.78 is 10.1. The third-order valence-corrected chi connectivity index (χ3v) is 3.11. The van der Waals surface area contributed by atoms with Crippen LogP contribution in [0.3, 0.4) is 0 Å². The first kappa shape index (κ1) is 14.0. The molecule has 1 aromatic carbocycles. The van der Waals surface area contributed by atoms with Crippen molar-refractivity contribution in [1.82, 2.24) is 10.1 Å². The van der Waals surface area contributed by atoms with Gasteiger partial charge in [0.2, 0.25) is 5.89 Å². The lowest BCUT2D eigenvalue weighted by Gasteiger charge is -2.04. The van der Waals surface area contributed by atoms with Crippen LogP contribution in [-0.2, 0) is 11.2 Å². The van der Waals surface area contributed by atoms with Crippen molar-refractivity contribution in [3.05, 3.63) is 46.6 Å². The molecule has 0 spiro atoms. The van der Waals surface area contributed by atoms with Crippen LogP contribution in [0.2, 0.25) is 5.02 Å².